The van der Waals surface area contributed by atoms with Gasteiger partial charge in [0.05, 0.1) is 0 Å². The minimum atomic E-state index is 0.548. The maximum atomic E-state index is 3.30. The van der Waals surface area contributed by atoms with Gasteiger partial charge in [-0.3, -0.25) is 0 Å². The summed E-state index contributed by atoms with van der Waals surface area (Å²) < 4.78 is 0. The van der Waals surface area contributed by atoms with E-state index in [4.69, 9.17) is 0 Å². The molecular formula is C10H21NS. The lowest BCUT2D eigenvalue weighted by Crippen LogP contribution is -2.25. The van der Waals surface area contributed by atoms with Crippen LogP contribution in [0.1, 0.15) is 27.2 Å². The summed E-state index contributed by atoms with van der Waals surface area (Å²) in [6.45, 7) is 6.52. The predicted octanol–water partition coefficient (Wildman–Crippen LogP) is 2.68. The van der Waals surface area contributed by atoms with Gasteiger partial charge in [-0.2, -0.15) is 11.8 Å². The van der Waals surface area contributed by atoms with Crippen molar-refractivity contribution in [3.05, 3.63) is 11.6 Å². The Morgan fingerprint density at radius 2 is 2.17 bits per heavy atom. The molecule has 0 spiro atoms. The molecule has 12 heavy (non-hydrogen) atoms. The van der Waals surface area contributed by atoms with Crippen molar-refractivity contribution in [1.82, 2.24) is 5.32 Å². The molecule has 2 heteroatoms. The lowest BCUT2D eigenvalue weighted by atomic mass is 10.2. The molecule has 72 valence electrons. The zero-order chi connectivity index (χ0) is 9.40. The Balaban J connectivity index is 3.61. The molecule has 0 heterocycles. The largest absolute Gasteiger partial charge is 0.313 e. The van der Waals surface area contributed by atoms with Gasteiger partial charge in [-0.15, -0.1) is 0 Å². The summed E-state index contributed by atoms with van der Waals surface area (Å²) in [5.41, 5.74) is 1.39. The van der Waals surface area contributed by atoms with Crippen molar-refractivity contribution in [2.45, 2.75) is 33.2 Å². The first-order chi connectivity index (χ1) is 5.70. The topological polar surface area (TPSA) is 12.0 Å². The fraction of sp³-hybridized carbons (Fsp3) is 0.800. The normalized spacial score (nSPS) is 12.7. The number of hydrogen-bond donors (Lipinski definition) is 1. The Morgan fingerprint density at radius 1 is 1.50 bits per heavy atom. The molecule has 0 radical (unpaired) electrons. The van der Waals surface area contributed by atoms with E-state index in [1.807, 2.05) is 18.8 Å². The fourth-order valence-electron chi connectivity index (χ4n) is 0.972. The van der Waals surface area contributed by atoms with Crippen LogP contribution in [0.15, 0.2) is 11.6 Å². The molecule has 0 rings (SSSR count). The van der Waals surface area contributed by atoms with Gasteiger partial charge in [0.15, 0.2) is 0 Å². The third-order valence-electron chi connectivity index (χ3n) is 1.55. The zero-order valence-corrected chi connectivity index (χ0v) is 9.50. The number of rotatable bonds is 6. The third kappa shape index (κ3) is 6.74. The van der Waals surface area contributed by atoms with Gasteiger partial charge in [0.1, 0.15) is 0 Å². The third-order valence-corrected chi connectivity index (χ3v) is 2.84. The standard InChI is InChI=1S/C10H21NS/c1-5-6-12-8-10(11-4)7-9(2)3/h7,10-11H,5-6,8H2,1-4H3. The summed E-state index contributed by atoms with van der Waals surface area (Å²) in [5.74, 6) is 2.46. The van der Waals surface area contributed by atoms with Gasteiger partial charge < -0.3 is 5.32 Å². The molecule has 0 aromatic rings. The Bertz CT molecular complexity index is 128. The summed E-state index contributed by atoms with van der Waals surface area (Å²) in [5, 5.41) is 3.30. The first-order valence-corrected chi connectivity index (χ1v) is 5.76. The Morgan fingerprint density at radius 3 is 2.58 bits per heavy atom. The van der Waals surface area contributed by atoms with Gasteiger partial charge in [0.2, 0.25) is 0 Å². The highest BCUT2D eigenvalue weighted by Crippen LogP contribution is 2.06. The van der Waals surface area contributed by atoms with Crippen molar-refractivity contribution in [3.8, 4) is 0 Å². The van der Waals surface area contributed by atoms with Crippen LogP contribution in [-0.4, -0.2) is 24.6 Å². The number of allylic oxidation sites excluding steroid dienone is 1. The Hall–Kier alpha value is 0.0500. The molecular weight excluding hydrogens is 166 g/mol. The molecule has 0 fully saturated rings. The van der Waals surface area contributed by atoms with Gasteiger partial charge in [-0.25, -0.2) is 0 Å². The molecule has 0 aliphatic carbocycles. The molecule has 1 N–H and O–H groups in total. The fourth-order valence-corrected chi connectivity index (χ4v) is 1.94. The number of hydrogen-bond acceptors (Lipinski definition) is 2. The van der Waals surface area contributed by atoms with Crippen LogP contribution < -0.4 is 5.32 Å². The molecule has 0 bridgehead atoms. The van der Waals surface area contributed by atoms with E-state index in [1.165, 1.54) is 23.5 Å². The summed E-state index contributed by atoms with van der Waals surface area (Å²) in [6.07, 6.45) is 3.57. The summed E-state index contributed by atoms with van der Waals surface area (Å²) in [4.78, 5) is 0. The van der Waals surface area contributed by atoms with Gasteiger partial charge in [-0.05, 0) is 33.1 Å². The van der Waals surface area contributed by atoms with Crippen LogP contribution in [0, 0.1) is 0 Å². The Kier molecular flexibility index (Phi) is 7.72. The molecule has 1 unspecified atom stereocenters. The van der Waals surface area contributed by atoms with E-state index in [0.717, 1.165) is 0 Å². The lowest BCUT2D eigenvalue weighted by molar-refractivity contribution is 0.733. The van der Waals surface area contributed by atoms with Crippen LogP contribution >= 0.6 is 11.8 Å². The highest BCUT2D eigenvalue weighted by Gasteiger charge is 2.00. The number of likely N-dealkylation sites (N-methyl/N-ethyl adjacent to an activating group) is 1. The van der Waals surface area contributed by atoms with Crippen LogP contribution in [0.3, 0.4) is 0 Å². The summed E-state index contributed by atoms with van der Waals surface area (Å²) >= 11 is 2.02. The molecule has 0 aliphatic heterocycles. The van der Waals surface area contributed by atoms with Gasteiger partial charge in [0.25, 0.3) is 0 Å². The molecule has 0 aliphatic rings. The van der Waals surface area contributed by atoms with Crippen molar-refractivity contribution < 1.29 is 0 Å². The second kappa shape index (κ2) is 7.69. The van der Waals surface area contributed by atoms with Crippen LogP contribution in [0.2, 0.25) is 0 Å². The van der Waals surface area contributed by atoms with Crippen molar-refractivity contribution in [3.63, 3.8) is 0 Å². The van der Waals surface area contributed by atoms with E-state index >= 15 is 0 Å². The van der Waals surface area contributed by atoms with E-state index in [9.17, 15) is 0 Å². The van der Waals surface area contributed by atoms with E-state index < -0.39 is 0 Å². The second-order valence-electron chi connectivity index (χ2n) is 3.21. The number of nitrogens with one attached hydrogen (secondary N) is 1. The van der Waals surface area contributed by atoms with E-state index in [-0.39, 0.29) is 0 Å². The van der Waals surface area contributed by atoms with Gasteiger partial charge >= 0.3 is 0 Å². The summed E-state index contributed by atoms with van der Waals surface area (Å²) in [6, 6.07) is 0.548. The zero-order valence-electron chi connectivity index (χ0n) is 8.68. The van der Waals surface area contributed by atoms with Crippen molar-refractivity contribution in [1.29, 1.82) is 0 Å². The molecule has 0 saturated heterocycles. The maximum Gasteiger partial charge on any atom is 0.0341 e. The van der Waals surface area contributed by atoms with Crippen molar-refractivity contribution >= 4 is 11.8 Å². The predicted molar refractivity (Wildman–Crippen MR) is 59.9 cm³/mol. The van der Waals surface area contributed by atoms with Crippen LogP contribution in [0.4, 0.5) is 0 Å². The minimum Gasteiger partial charge on any atom is -0.313 e. The quantitative estimate of drug-likeness (QED) is 0.507. The van der Waals surface area contributed by atoms with E-state index in [2.05, 4.69) is 32.2 Å². The van der Waals surface area contributed by atoms with E-state index in [0.29, 0.717) is 6.04 Å². The number of thioether (sulfide) groups is 1. The SMILES string of the molecule is CCCSCC(C=C(C)C)NC. The van der Waals surface area contributed by atoms with Crippen LogP contribution in [0.25, 0.3) is 0 Å². The average molecular weight is 187 g/mol. The Labute approximate surface area is 81.0 Å². The molecule has 0 saturated carbocycles. The summed E-state index contributed by atoms with van der Waals surface area (Å²) in [7, 11) is 2.02. The highest BCUT2D eigenvalue weighted by molar-refractivity contribution is 7.99. The molecule has 0 aromatic heterocycles. The van der Waals surface area contributed by atoms with E-state index in [1.54, 1.807) is 0 Å². The highest BCUT2D eigenvalue weighted by atomic mass is 32.2. The first kappa shape index (κ1) is 12.0. The van der Waals surface area contributed by atoms with Crippen molar-refractivity contribution in [2.24, 2.45) is 0 Å². The van der Waals surface area contributed by atoms with Crippen LogP contribution in [0.5, 0.6) is 0 Å². The maximum absolute atomic E-state index is 3.30. The van der Waals surface area contributed by atoms with Gasteiger partial charge in [0, 0.05) is 11.8 Å². The molecule has 0 aromatic carbocycles. The smallest absolute Gasteiger partial charge is 0.0341 e. The monoisotopic (exact) mass is 187 g/mol. The van der Waals surface area contributed by atoms with Crippen molar-refractivity contribution in [2.75, 3.05) is 18.6 Å². The average Bonchev–Trinajstić information content (AvgIpc) is 2.02. The molecule has 0 amide bonds. The van der Waals surface area contributed by atoms with Crippen LogP contribution in [-0.2, 0) is 0 Å². The second-order valence-corrected chi connectivity index (χ2v) is 4.36. The minimum absolute atomic E-state index is 0.548. The molecule has 1 nitrogen and oxygen atoms in total. The lowest BCUT2D eigenvalue weighted by Gasteiger charge is -2.11. The van der Waals surface area contributed by atoms with Gasteiger partial charge in [-0.1, -0.05) is 18.6 Å². The first-order valence-electron chi connectivity index (χ1n) is 4.60. The molecule has 1 atom stereocenters.